The van der Waals surface area contributed by atoms with E-state index in [-0.39, 0.29) is 6.07 Å². The number of rotatable bonds is 6. The van der Waals surface area contributed by atoms with E-state index in [4.69, 9.17) is 0 Å². The lowest BCUT2D eigenvalue weighted by molar-refractivity contribution is 0.413. The minimum absolute atomic E-state index is 0.257. The molecule has 0 aliphatic rings. The van der Waals surface area contributed by atoms with E-state index in [0.29, 0.717) is 12.8 Å². The van der Waals surface area contributed by atoms with Gasteiger partial charge in [-0.05, 0) is 18.8 Å². The van der Waals surface area contributed by atoms with E-state index in [9.17, 15) is 17.6 Å². The van der Waals surface area contributed by atoms with Gasteiger partial charge in [0.2, 0.25) is 0 Å². The second-order valence-electron chi connectivity index (χ2n) is 4.48. The third kappa shape index (κ3) is 3.24. The first-order valence-corrected chi connectivity index (χ1v) is 6.35. The molecule has 0 saturated carbocycles. The molecular weight excluding hydrogens is 244 g/mol. The standard InChI is InChI=1S/C14H18F4/c1-3-5-6-7-9(4-2)12-13(17)10(15)8-11(16)14(12)18/h8-9H,3-7H2,1-2H3. The topological polar surface area (TPSA) is 0 Å². The fourth-order valence-corrected chi connectivity index (χ4v) is 2.14. The lowest BCUT2D eigenvalue weighted by atomic mass is 9.90. The molecule has 18 heavy (non-hydrogen) atoms. The van der Waals surface area contributed by atoms with Crippen molar-refractivity contribution in [3.63, 3.8) is 0 Å². The normalized spacial score (nSPS) is 12.8. The molecule has 4 heteroatoms. The minimum Gasteiger partial charge on any atom is -0.204 e. The maximum Gasteiger partial charge on any atom is 0.165 e. The molecule has 0 N–H and O–H groups in total. The summed E-state index contributed by atoms with van der Waals surface area (Å²) in [7, 11) is 0. The van der Waals surface area contributed by atoms with Crippen LogP contribution in [0.2, 0.25) is 0 Å². The summed E-state index contributed by atoms with van der Waals surface area (Å²) in [5.74, 6) is -5.62. The van der Waals surface area contributed by atoms with Crippen molar-refractivity contribution >= 4 is 0 Å². The number of benzene rings is 1. The Morgan fingerprint density at radius 3 is 1.94 bits per heavy atom. The molecule has 1 aromatic rings. The van der Waals surface area contributed by atoms with Gasteiger partial charge in [-0.1, -0.05) is 33.1 Å². The van der Waals surface area contributed by atoms with Crippen LogP contribution in [0.15, 0.2) is 6.07 Å². The Labute approximate surface area is 105 Å². The summed E-state index contributed by atoms with van der Waals surface area (Å²) in [6.07, 6.45) is 3.73. The van der Waals surface area contributed by atoms with Gasteiger partial charge in [0.1, 0.15) is 0 Å². The van der Waals surface area contributed by atoms with Crippen molar-refractivity contribution in [2.45, 2.75) is 51.9 Å². The van der Waals surface area contributed by atoms with E-state index in [1.807, 2.05) is 6.92 Å². The second kappa shape index (κ2) is 6.76. The third-order valence-electron chi connectivity index (χ3n) is 3.20. The fourth-order valence-electron chi connectivity index (χ4n) is 2.14. The molecule has 0 bridgehead atoms. The van der Waals surface area contributed by atoms with Crippen LogP contribution in [0, 0.1) is 23.3 Å². The predicted molar refractivity (Wildman–Crippen MR) is 63.4 cm³/mol. The van der Waals surface area contributed by atoms with Gasteiger partial charge in [0.25, 0.3) is 0 Å². The molecular formula is C14H18F4. The van der Waals surface area contributed by atoms with Gasteiger partial charge in [0.15, 0.2) is 23.3 Å². The van der Waals surface area contributed by atoms with Crippen LogP contribution in [0.4, 0.5) is 17.6 Å². The average molecular weight is 262 g/mol. The van der Waals surface area contributed by atoms with Gasteiger partial charge < -0.3 is 0 Å². The SMILES string of the molecule is CCCCCC(CC)c1c(F)c(F)cc(F)c1F. The smallest absolute Gasteiger partial charge is 0.165 e. The predicted octanol–water partition coefficient (Wildman–Crippen LogP) is 5.32. The number of halogens is 4. The number of hydrogen-bond acceptors (Lipinski definition) is 0. The first-order chi connectivity index (χ1) is 8.52. The van der Waals surface area contributed by atoms with Crippen molar-refractivity contribution in [1.29, 1.82) is 0 Å². The Kier molecular flexibility index (Phi) is 5.63. The van der Waals surface area contributed by atoms with Gasteiger partial charge in [-0.3, -0.25) is 0 Å². The molecule has 0 spiro atoms. The highest BCUT2D eigenvalue weighted by atomic mass is 19.2. The summed E-state index contributed by atoms with van der Waals surface area (Å²) in [5.41, 5.74) is -0.439. The van der Waals surface area contributed by atoms with Gasteiger partial charge in [0.05, 0.1) is 0 Å². The molecule has 1 aromatic carbocycles. The summed E-state index contributed by atoms with van der Waals surface area (Å²) in [6, 6.07) is 0.257. The summed E-state index contributed by atoms with van der Waals surface area (Å²) in [6.45, 7) is 3.78. The first kappa shape index (κ1) is 15.0. The summed E-state index contributed by atoms with van der Waals surface area (Å²) >= 11 is 0. The van der Waals surface area contributed by atoms with Gasteiger partial charge in [-0.2, -0.15) is 0 Å². The summed E-state index contributed by atoms with van der Waals surface area (Å²) in [5, 5.41) is 0. The number of unbranched alkanes of at least 4 members (excludes halogenated alkanes) is 2. The summed E-state index contributed by atoms with van der Waals surface area (Å²) in [4.78, 5) is 0. The van der Waals surface area contributed by atoms with Crippen LogP contribution >= 0.6 is 0 Å². The van der Waals surface area contributed by atoms with Crippen LogP contribution in [0.1, 0.15) is 57.4 Å². The van der Waals surface area contributed by atoms with Gasteiger partial charge >= 0.3 is 0 Å². The quantitative estimate of drug-likeness (QED) is 0.370. The molecule has 0 aliphatic carbocycles. The van der Waals surface area contributed by atoms with Crippen molar-refractivity contribution in [3.05, 3.63) is 34.9 Å². The fraction of sp³-hybridized carbons (Fsp3) is 0.571. The Hall–Kier alpha value is -1.06. The molecule has 1 atom stereocenters. The van der Waals surface area contributed by atoms with Crippen molar-refractivity contribution in [2.75, 3.05) is 0 Å². The van der Waals surface area contributed by atoms with Crippen LogP contribution < -0.4 is 0 Å². The zero-order valence-electron chi connectivity index (χ0n) is 10.7. The third-order valence-corrected chi connectivity index (χ3v) is 3.20. The van der Waals surface area contributed by atoms with E-state index in [2.05, 4.69) is 0 Å². The maximum absolute atomic E-state index is 13.6. The van der Waals surface area contributed by atoms with E-state index in [0.717, 1.165) is 19.3 Å². The van der Waals surface area contributed by atoms with Crippen LogP contribution in [0.3, 0.4) is 0 Å². The molecule has 0 aliphatic heterocycles. The maximum atomic E-state index is 13.6. The number of hydrogen-bond donors (Lipinski definition) is 0. The zero-order valence-corrected chi connectivity index (χ0v) is 10.7. The highest BCUT2D eigenvalue weighted by Crippen LogP contribution is 2.32. The van der Waals surface area contributed by atoms with E-state index >= 15 is 0 Å². The highest BCUT2D eigenvalue weighted by molar-refractivity contribution is 5.26. The molecule has 1 rings (SSSR count). The van der Waals surface area contributed by atoms with Crippen molar-refractivity contribution < 1.29 is 17.6 Å². The molecule has 0 fully saturated rings. The first-order valence-electron chi connectivity index (χ1n) is 6.35. The van der Waals surface area contributed by atoms with Gasteiger partial charge in [-0.25, -0.2) is 17.6 Å². The van der Waals surface area contributed by atoms with Crippen LogP contribution in [-0.2, 0) is 0 Å². The molecule has 102 valence electrons. The van der Waals surface area contributed by atoms with E-state index < -0.39 is 34.8 Å². The molecule has 0 heterocycles. The Morgan fingerprint density at radius 1 is 0.944 bits per heavy atom. The largest absolute Gasteiger partial charge is 0.204 e. The summed E-state index contributed by atoms with van der Waals surface area (Å²) < 4.78 is 53.5. The molecule has 0 radical (unpaired) electrons. The van der Waals surface area contributed by atoms with Gasteiger partial charge in [0, 0.05) is 11.6 Å². The minimum atomic E-state index is -1.32. The molecule has 0 nitrogen and oxygen atoms in total. The van der Waals surface area contributed by atoms with Crippen LogP contribution in [0.5, 0.6) is 0 Å². The Balaban J connectivity index is 3.04. The van der Waals surface area contributed by atoms with Crippen molar-refractivity contribution in [1.82, 2.24) is 0 Å². The highest BCUT2D eigenvalue weighted by Gasteiger charge is 2.24. The Morgan fingerprint density at radius 2 is 1.50 bits per heavy atom. The van der Waals surface area contributed by atoms with Gasteiger partial charge in [-0.15, -0.1) is 0 Å². The lowest BCUT2D eigenvalue weighted by Gasteiger charge is -2.17. The van der Waals surface area contributed by atoms with Crippen LogP contribution in [-0.4, -0.2) is 0 Å². The van der Waals surface area contributed by atoms with E-state index in [1.165, 1.54) is 0 Å². The van der Waals surface area contributed by atoms with Crippen molar-refractivity contribution in [3.8, 4) is 0 Å². The average Bonchev–Trinajstić information content (AvgIpc) is 2.35. The van der Waals surface area contributed by atoms with E-state index in [1.54, 1.807) is 6.92 Å². The second-order valence-corrected chi connectivity index (χ2v) is 4.48. The van der Waals surface area contributed by atoms with Crippen molar-refractivity contribution in [2.24, 2.45) is 0 Å². The zero-order chi connectivity index (χ0) is 13.7. The van der Waals surface area contributed by atoms with Crippen LogP contribution in [0.25, 0.3) is 0 Å². The molecule has 0 saturated heterocycles. The monoisotopic (exact) mass is 262 g/mol. The molecule has 0 amide bonds. The Bertz CT molecular complexity index is 375. The molecule has 0 aromatic heterocycles. The lowest BCUT2D eigenvalue weighted by Crippen LogP contribution is -2.08. The molecule has 1 unspecified atom stereocenters.